The normalized spacial score (nSPS) is 10.9. The van der Waals surface area contributed by atoms with E-state index in [0.29, 0.717) is 33.7 Å². The van der Waals surface area contributed by atoms with Crippen molar-refractivity contribution in [2.45, 2.75) is 6.42 Å². The van der Waals surface area contributed by atoms with Gasteiger partial charge in [-0.25, -0.2) is 4.98 Å². The predicted molar refractivity (Wildman–Crippen MR) is 128 cm³/mol. The first kappa shape index (κ1) is 21.7. The van der Waals surface area contributed by atoms with Crippen molar-refractivity contribution in [2.75, 3.05) is 11.9 Å². The summed E-state index contributed by atoms with van der Waals surface area (Å²) in [6.45, 7) is -0.246. The maximum absolute atomic E-state index is 13.4. The average molecular weight is 436 g/mol. The molecule has 3 aromatic carbocycles. The first-order valence-corrected chi connectivity index (χ1v) is 10.3. The van der Waals surface area contributed by atoms with Crippen LogP contribution >= 0.6 is 0 Å². The highest BCUT2D eigenvalue weighted by atomic mass is 16.3. The summed E-state index contributed by atoms with van der Waals surface area (Å²) in [4.78, 5) is 30.0. The minimum Gasteiger partial charge on any atom is -0.396 e. The van der Waals surface area contributed by atoms with Crippen LogP contribution in [-0.4, -0.2) is 27.2 Å². The fourth-order valence-corrected chi connectivity index (χ4v) is 3.40. The molecule has 1 aromatic heterocycles. The van der Waals surface area contributed by atoms with Crippen molar-refractivity contribution in [3.8, 4) is 11.8 Å². The number of anilines is 1. The maximum atomic E-state index is 13.4. The number of aromatic nitrogens is 2. The Kier molecular flexibility index (Phi) is 6.39. The molecule has 4 rings (SSSR count). The molecule has 0 spiro atoms. The van der Waals surface area contributed by atoms with E-state index in [2.05, 4.69) is 16.4 Å². The van der Waals surface area contributed by atoms with Gasteiger partial charge in [-0.2, -0.15) is 5.26 Å². The van der Waals surface area contributed by atoms with E-state index in [1.165, 1.54) is 4.57 Å². The number of aliphatic hydroxyl groups excluding tert-OH is 1. The number of hydrogen-bond acceptors (Lipinski definition) is 5. The minimum absolute atomic E-state index is 0.0136. The molecule has 33 heavy (non-hydrogen) atoms. The molecule has 7 heteroatoms. The smallest absolute Gasteiger partial charge is 0.266 e. The van der Waals surface area contributed by atoms with Crippen molar-refractivity contribution in [3.05, 3.63) is 100 Å². The molecule has 0 bridgehead atoms. The SMILES string of the molecule is N#Cc1ccc(/C=C/c2nc3ccccc3c(=O)n2-c2cccc(NC(=O)CCO)c2)cc1. The molecule has 1 amide bonds. The lowest BCUT2D eigenvalue weighted by molar-refractivity contribution is -0.116. The van der Waals surface area contributed by atoms with E-state index >= 15 is 0 Å². The van der Waals surface area contributed by atoms with Crippen molar-refractivity contribution in [2.24, 2.45) is 0 Å². The molecule has 2 N–H and O–H groups in total. The van der Waals surface area contributed by atoms with Gasteiger partial charge in [0.25, 0.3) is 5.56 Å². The Bertz CT molecular complexity index is 1450. The molecule has 0 saturated carbocycles. The number of nitriles is 1. The molecule has 0 saturated heterocycles. The lowest BCUT2D eigenvalue weighted by atomic mass is 10.1. The van der Waals surface area contributed by atoms with Gasteiger partial charge in [-0.1, -0.05) is 36.4 Å². The Hall–Kier alpha value is -4.54. The van der Waals surface area contributed by atoms with Gasteiger partial charge in [-0.15, -0.1) is 0 Å². The quantitative estimate of drug-likeness (QED) is 0.479. The highest BCUT2D eigenvalue weighted by Crippen LogP contribution is 2.19. The molecular weight excluding hydrogens is 416 g/mol. The summed E-state index contributed by atoms with van der Waals surface area (Å²) in [5.74, 6) is 0.0986. The van der Waals surface area contributed by atoms with Crippen LogP contribution in [0.3, 0.4) is 0 Å². The predicted octanol–water partition coefficient (Wildman–Crippen LogP) is 3.75. The van der Waals surface area contributed by atoms with Gasteiger partial charge in [0, 0.05) is 5.69 Å². The number of fused-ring (bicyclic) bond motifs is 1. The zero-order valence-electron chi connectivity index (χ0n) is 17.6. The van der Waals surface area contributed by atoms with Gasteiger partial charge < -0.3 is 10.4 Å². The topological polar surface area (TPSA) is 108 Å². The van der Waals surface area contributed by atoms with Gasteiger partial charge in [0.15, 0.2) is 0 Å². The first-order valence-electron chi connectivity index (χ1n) is 10.3. The van der Waals surface area contributed by atoms with Gasteiger partial charge in [0.1, 0.15) is 5.82 Å². The van der Waals surface area contributed by atoms with Crippen LogP contribution < -0.4 is 10.9 Å². The van der Waals surface area contributed by atoms with Gasteiger partial charge in [0.2, 0.25) is 5.91 Å². The van der Waals surface area contributed by atoms with Crippen LogP contribution in [0.2, 0.25) is 0 Å². The number of para-hydroxylation sites is 1. The molecule has 162 valence electrons. The Morgan fingerprint density at radius 2 is 1.85 bits per heavy atom. The standard InChI is InChI=1S/C26H20N4O3/c27-17-19-10-8-18(9-11-19)12-13-24-29-23-7-2-1-6-22(23)26(33)30(24)21-5-3-4-20(16-21)28-25(32)14-15-31/h1-13,16,31H,14-15H2,(H,28,32)/b13-12+. The summed E-state index contributed by atoms with van der Waals surface area (Å²) in [6.07, 6.45) is 3.55. The molecule has 0 fully saturated rings. The largest absolute Gasteiger partial charge is 0.396 e. The van der Waals surface area contributed by atoms with E-state index in [-0.39, 0.29) is 24.5 Å². The van der Waals surface area contributed by atoms with Gasteiger partial charge in [-0.3, -0.25) is 14.2 Å². The van der Waals surface area contributed by atoms with Crippen molar-refractivity contribution in [3.63, 3.8) is 0 Å². The summed E-state index contributed by atoms with van der Waals surface area (Å²) in [5, 5.41) is 21.1. The second kappa shape index (κ2) is 9.73. The molecule has 0 aliphatic rings. The summed E-state index contributed by atoms with van der Waals surface area (Å²) in [5.41, 5.74) is 2.80. The zero-order chi connectivity index (χ0) is 23.2. The number of rotatable bonds is 6. The van der Waals surface area contributed by atoms with E-state index in [1.54, 1.807) is 60.7 Å². The van der Waals surface area contributed by atoms with E-state index in [9.17, 15) is 9.59 Å². The van der Waals surface area contributed by atoms with Gasteiger partial charge in [0.05, 0.1) is 41.3 Å². The molecule has 0 radical (unpaired) electrons. The van der Waals surface area contributed by atoms with Crippen LogP contribution in [-0.2, 0) is 4.79 Å². The van der Waals surface area contributed by atoms with Crippen molar-refractivity contribution in [1.29, 1.82) is 5.26 Å². The van der Waals surface area contributed by atoms with E-state index < -0.39 is 0 Å². The van der Waals surface area contributed by atoms with E-state index in [4.69, 9.17) is 10.4 Å². The Balaban J connectivity index is 1.82. The van der Waals surface area contributed by atoms with E-state index in [1.807, 2.05) is 24.3 Å². The van der Waals surface area contributed by atoms with E-state index in [0.717, 1.165) is 5.56 Å². The summed E-state index contributed by atoms with van der Waals surface area (Å²) in [7, 11) is 0. The van der Waals surface area contributed by atoms with Crippen molar-refractivity contribution >= 4 is 34.6 Å². The number of benzene rings is 3. The monoisotopic (exact) mass is 436 g/mol. The summed E-state index contributed by atoms with van der Waals surface area (Å²) < 4.78 is 1.49. The lowest BCUT2D eigenvalue weighted by Gasteiger charge is -2.13. The minimum atomic E-state index is -0.320. The zero-order valence-corrected chi connectivity index (χ0v) is 17.6. The molecule has 0 atom stereocenters. The Labute approximate surface area is 189 Å². The molecule has 0 aliphatic heterocycles. The van der Waals surface area contributed by atoms with Crippen LogP contribution in [0.1, 0.15) is 23.4 Å². The number of nitrogens with zero attached hydrogens (tertiary/aromatic N) is 3. The van der Waals surface area contributed by atoms with Crippen LogP contribution in [0.5, 0.6) is 0 Å². The number of hydrogen-bond donors (Lipinski definition) is 2. The van der Waals surface area contributed by atoms with Gasteiger partial charge >= 0.3 is 0 Å². The lowest BCUT2D eigenvalue weighted by Crippen LogP contribution is -2.22. The highest BCUT2D eigenvalue weighted by molar-refractivity contribution is 5.91. The number of carbonyl (C=O) groups is 1. The molecule has 7 nitrogen and oxygen atoms in total. The van der Waals surface area contributed by atoms with Crippen LogP contribution in [0.25, 0.3) is 28.7 Å². The molecule has 1 heterocycles. The molecule has 0 aliphatic carbocycles. The number of aliphatic hydroxyl groups is 1. The van der Waals surface area contributed by atoms with Gasteiger partial charge in [-0.05, 0) is 54.1 Å². The number of amides is 1. The highest BCUT2D eigenvalue weighted by Gasteiger charge is 2.12. The number of carbonyl (C=O) groups excluding carboxylic acids is 1. The second-order valence-electron chi connectivity index (χ2n) is 7.27. The third kappa shape index (κ3) is 4.87. The molecular formula is C26H20N4O3. The maximum Gasteiger partial charge on any atom is 0.266 e. The third-order valence-corrected chi connectivity index (χ3v) is 4.99. The molecule has 4 aromatic rings. The van der Waals surface area contributed by atoms with Crippen molar-refractivity contribution in [1.82, 2.24) is 9.55 Å². The average Bonchev–Trinajstić information content (AvgIpc) is 2.83. The fraction of sp³-hybridized carbons (Fsp3) is 0.0769. The summed E-state index contributed by atoms with van der Waals surface area (Å²) >= 11 is 0. The Morgan fingerprint density at radius 1 is 1.06 bits per heavy atom. The van der Waals surface area contributed by atoms with Crippen LogP contribution in [0.4, 0.5) is 5.69 Å². The fourth-order valence-electron chi connectivity index (χ4n) is 3.40. The second-order valence-corrected chi connectivity index (χ2v) is 7.27. The Morgan fingerprint density at radius 3 is 2.61 bits per heavy atom. The number of nitrogens with one attached hydrogen (secondary N) is 1. The first-order chi connectivity index (χ1) is 16.1. The van der Waals surface area contributed by atoms with Crippen molar-refractivity contribution < 1.29 is 9.90 Å². The molecule has 0 unspecified atom stereocenters. The van der Waals surface area contributed by atoms with Crippen LogP contribution in [0.15, 0.2) is 77.6 Å². The third-order valence-electron chi connectivity index (χ3n) is 4.99. The summed E-state index contributed by atoms with van der Waals surface area (Å²) in [6, 6.07) is 23.2. The van der Waals surface area contributed by atoms with Crippen LogP contribution in [0, 0.1) is 11.3 Å².